The Labute approximate surface area is 286 Å². The van der Waals surface area contributed by atoms with E-state index >= 15 is 0 Å². The molecule has 0 saturated carbocycles. The fourth-order valence-corrected chi connectivity index (χ4v) is 12.5. The summed E-state index contributed by atoms with van der Waals surface area (Å²) in [5, 5.41) is 11.4. The number of methoxy groups -OCH3 is 1. The first-order chi connectivity index (χ1) is 22.6. The third-order valence-electron chi connectivity index (χ3n) is 8.24. The average molecular weight is 671 g/mol. The van der Waals surface area contributed by atoms with E-state index in [4.69, 9.17) is 13.3 Å². The Kier molecular flexibility index (Phi) is 13.7. The summed E-state index contributed by atoms with van der Waals surface area (Å²) < 4.78 is 18.9. The van der Waals surface area contributed by atoms with Crippen LogP contribution in [0.5, 0.6) is 11.5 Å². The van der Waals surface area contributed by atoms with Crippen molar-refractivity contribution < 1.29 is 23.2 Å². The minimum Gasteiger partial charge on any atom is -0.508 e. The fraction of sp³-hybridized carbons (Fsp3) is 0.375. The number of ketones is 1. The number of carbonyl (C=O) groups is 1. The maximum atomic E-state index is 13.2. The standard InChI is InChI=1S/C40H49O5SSi/c1-28(2)46(30(5)22-37-25-35(19-21-39(37)43-7)40(42)34-16-12-9-13-17-34)45-47(29(3)4)31(6)23-36-24-33(18-20-38(36)41)27-44-26-32-14-10-8-11-15-32/h8-21,24-25,28-31H,22-23,26-27H2,1-7H3/p+1. The maximum absolute atomic E-state index is 13.2. The van der Waals surface area contributed by atoms with E-state index in [2.05, 4.69) is 59.7 Å². The molecule has 0 aliphatic heterocycles. The lowest BCUT2D eigenvalue weighted by atomic mass is 9.99. The highest BCUT2D eigenvalue weighted by Crippen LogP contribution is 2.34. The first-order valence-electron chi connectivity index (χ1n) is 16.5. The zero-order valence-corrected chi connectivity index (χ0v) is 30.7. The van der Waals surface area contributed by atoms with Crippen LogP contribution in [-0.4, -0.2) is 37.5 Å². The minimum atomic E-state index is -1.29. The van der Waals surface area contributed by atoms with Gasteiger partial charge >= 0.3 is 0 Å². The molecule has 0 heterocycles. The van der Waals surface area contributed by atoms with Crippen LogP contribution in [0.3, 0.4) is 0 Å². The topological polar surface area (TPSA) is 65.0 Å². The van der Waals surface area contributed by atoms with Crippen molar-refractivity contribution in [3.05, 3.63) is 130 Å². The lowest BCUT2D eigenvalue weighted by Crippen LogP contribution is -2.39. The molecule has 1 radical (unpaired) electrons. The normalized spacial score (nSPS) is 13.6. The Morgan fingerprint density at radius 1 is 0.745 bits per heavy atom. The van der Waals surface area contributed by atoms with Crippen LogP contribution in [0.4, 0.5) is 0 Å². The van der Waals surface area contributed by atoms with Gasteiger partial charge in [-0.1, -0.05) is 87.5 Å². The summed E-state index contributed by atoms with van der Waals surface area (Å²) in [5.74, 6) is 1.12. The molecular formula is C40H50O5SSi+. The van der Waals surface area contributed by atoms with Crippen molar-refractivity contribution in [2.45, 2.75) is 89.2 Å². The number of hydrogen-bond acceptors (Lipinski definition) is 5. The molecule has 1 N–H and O–H groups in total. The summed E-state index contributed by atoms with van der Waals surface area (Å²) in [4.78, 5) is 13.2. The fourth-order valence-electron chi connectivity index (χ4n) is 5.91. The second-order valence-corrected chi connectivity index (χ2v) is 18.8. The minimum absolute atomic E-state index is 0.00970. The van der Waals surface area contributed by atoms with Gasteiger partial charge in [0.2, 0.25) is 0 Å². The molecule has 0 aliphatic rings. The first-order valence-corrected chi connectivity index (χ1v) is 19.4. The molecular weight excluding hydrogens is 621 g/mol. The molecule has 3 unspecified atom stereocenters. The molecule has 7 heteroatoms. The Hall–Kier alpha value is -3.36. The molecule has 47 heavy (non-hydrogen) atoms. The van der Waals surface area contributed by atoms with E-state index in [-0.39, 0.29) is 27.8 Å². The second-order valence-electron chi connectivity index (χ2n) is 12.8. The van der Waals surface area contributed by atoms with Gasteiger partial charge in [0.1, 0.15) is 27.9 Å². The summed E-state index contributed by atoms with van der Waals surface area (Å²) in [5.41, 5.74) is 6.15. The summed E-state index contributed by atoms with van der Waals surface area (Å²) in [7, 11) is 0.397. The van der Waals surface area contributed by atoms with Crippen molar-refractivity contribution in [2.75, 3.05) is 7.11 Å². The molecule has 5 nitrogen and oxygen atoms in total. The zero-order chi connectivity index (χ0) is 33.9. The monoisotopic (exact) mass is 670 g/mol. The molecule has 0 aliphatic carbocycles. The highest BCUT2D eigenvalue weighted by atomic mass is 32.2. The first kappa shape index (κ1) is 36.5. The molecule has 0 aromatic heterocycles. The van der Waals surface area contributed by atoms with Gasteiger partial charge in [0.25, 0.3) is 9.04 Å². The number of hydrogen-bond donors (Lipinski definition) is 1. The van der Waals surface area contributed by atoms with E-state index < -0.39 is 9.04 Å². The van der Waals surface area contributed by atoms with Crippen LogP contribution in [0.25, 0.3) is 0 Å². The van der Waals surface area contributed by atoms with Crippen molar-refractivity contribution in [1.82, 2.24) is 0 Å². The van der Waals surface area contributed by atoms with Gasteiger partial charge in [0, 0.05) is 17.5 Å². The number of phenols is 1. The van der Waals surface area contributed by atoms with Crippen molar-refractivity contribution >= 4 is 26.0 Å². The lowest BCUT2D eigenvalue weighted by molar-refractivity contribution is 0.103. The van der Waals surface area contributed by atoms with E-state index in [0.29, 0.717) is 40.9 Å². The number of aromatic hydroxyl groups is 1. The Balaban J connectivity index is 1.46. The largest absolute Gasteiger partial charge is 0.508 e. The highest BCUT2D eigenvalue weighted by Gasteiger charge is 2.41. The van der Waals surface area contributed by atoms with Gasteiger partial charge in [0.15, 0.2) is 11.0 Å². The van der Waals surface area contributed by atoms with Gasteiger partial charge in [-0.3, -0.25) is 4.79 Å². The van der Waals surface area contributed by atoms with Crippen LogP contribution < -0.4 is 4.74 Å². The number of rotatable bonds is 17. The van der Waals surface area contributed by atoms with Crippen LogP contribution in [-0.2, 0) is 45.8 Å². The summed E-state index contributed by atoms with van der Waals surface area (Å²) >= 11 is -0.324. The van der Waals surface area contributed by atoms with Crippen molar-refractivity contribution in [1.29, 1.82) is 0 Å². The van der Waals surface area contributed by atoms with Gasteiger partial charge in [-0.25, -0.2) is 3.87 Å². The van der Waals surface area contributed by atoms with Gasteiger partial charge < -0.3 is 14.6 Å². The van der Waals surface area contributed by atoms with Crippen LogP contribution in [0, 0.1) is 0 Å². The number of carbonyl (C=O) groups excluding carboxylic acids is 1. The SMILES string of the molecule is COc1ccc(C(=O)c2ccccc2)cc1CC(C)[S+](O[Si](C(C)C)C(C)Cc1cc(COCc2ccccc2)ccc1O)C(C)C. The molecule has 249 valence electrons. The van der Waals surface area contributed by atoms with Gasteiger partial charge in [-0.2, -0.15) is 0 Å². The Morgan fingerprint density at radius 3 is 2.04 bits per heavy atom. The molecule has 0 fully saturated rings. The Morgan fingerprint density at radius 2 is 1.40 bits per heavy atom. The number of phenolic OH excluding ortho intramolecular Hbond substituents is 1. The maximum Gasteiger partial charge on any atom is 0.298 e. The molecule has 0 amide bonds. The average Bonchev–Trinajstić information content (AvgIpc) is 3.06. The van der Waals surface area contributed by atoms with Crippen molar-refractivity contribution in [3.8, 4) is 11.5 Å². The number of benzene rings is 4. The van der Waals surface area contributed by atoms with E-state index in [9.17, 15) is 9.90 Å². The second kappa shape index (κ2) is 17.7. The molecule has 0 saturated heterocycles. The predicted octanol–water partition coefficient (Wildman–Crippen LogP) is 9.27. The van der Waals surface area contributed by atoms with Gasteiger partial charge in [-0.15, -0.1) is 0 Å². The highest BCUT2D eigenvalue weighted by molar-refractivity contribution is 7.94. The molecule has 0 bridgehead atoms. The van der Waals surface area contributed by atoms with Crippen LogP contribution >= 0.6 is 0 Å². The lowest BCUT2D eigenvalue weighted by Gasteiger charge is -2.27. The molecule has 0 spiro atoms. The molecule has 4 aromatic carbocycles. The van der Waals surface area contributed by atoms with Gasteiger partial charge in [0.05, 0.1) is 20.3 Å². The summed E-state index contributed by atoms with van der Waals surface area (Å²) in [6, 6.07) is 31.1. The van der Waals surface area contributed by atoms with E-state index in [1.165, 1.54) is 0 Å². The molecule has 4 aromatic rings. The third kappa shape index (κ3) is 10.3. The van der Waals surface area contributed by atoms with Crippen LogP contribution in [0.15, 0.2) is 97.1 Å². The number of ether oxygens (including phenoxy) is 2. The zero-order valence-electron chi connectivity index (χ0n) is 28.9. The molecule has 4 rings (SSSR count). The smallest absolute Gasteiger partial charge is 0.298 e. The Bertz CT molecular complexity index is 1560. The van der Waals surface area contributed by atoms with Crippen LogP contribution in [0.1, 0.15) is 79.7 Å². The molecule has 3 atom stereocenters. The van der Waals surface area contributed by atoms with E-state index in [1.807, 2.05) is 72.8 Å². The summed E-state index contributed by atoms with van der Waals surface area (Å²) in [6.45, 7) is 14.5. The van der Waals surface area contributed by atoms with Crippen LogP contribution in [0.2, 0.25) is 11.1 Å². The van der Waals surface area contributed by atoms with Gasteiger partial charge in [-0.05, 0) is 90.9 Å². The summed E-state index contributed by atoms with van der Waals surface area (Å²) in [6.07, 6.45) is 1.49. The van der Waals surface area contributed by atoms with E-state index in [1.54, 1.807) is 13.2 Å². The quantitative estimate of drug-likeness (QED) is 0.0689. The van der Waals surface area contributed by atoms with E-state index in [0.717, 1.165) is 40.8 Å². The van der Waals surface area contributed by atoms with Crippen molar-refractivity contribution in [3.63, 3.8) is 0 Å². The van der Waals surface area contributed by atoms with Crippen molar-refractivity contribution in [2.24, 2.45) is 0 Å². The predicted molar refractivity (Wildman–Crippen MR) is 197 cm³/mol. The third-order valence-corrected chi connectivity index (χ3v) is 14.0.